The second-order valence-electron chi connectivity index (χ2n) is 5.62. The molecule has 3 nitrogen and oxygen atoms in total. The first kappa shape index (κ1) is 18.4. The number of hydrogen-bond acceptors (Lipinski definition) is 3. The molecule has 0 saturated heterocycles. The monoisotopic (exact) mass is 350 g/mol. The lowest BCUT2D eigenvalue weighted by molar-refractivity contribution is 0.0950. The second kappa shape index (κ2) is 8.24. The van der Waals surface area contributed by atoms with Gasteiger partial charge >= 0.3 is 0 Å². The molecule has 6 heteroatoms. The highest BCUT2D eigenvalue weighted by Crippen LogP contribution is 2.26. The van der Waals surface area contributed by atoms with Crippen LogP contribution < -0.4 is 5.32 Å². The summed E-state index contributed by atoms with van der Waals surface area (Å²) in [6.07, 6.45) is 2.10. The summed E-state index contributed by atoms with van der Waals surface area (Å²) in [5.41, 5.74) is 4.98. The van der Waals surface area contributed by atoms with Crippen molar-refractivity contribution < 1.29 is 13.6 Å². The molecule has 1 N–H and O–H groups in total. The number of aromatic nitrogens is 1. The van der Waals surface area contributed by atoms with E-state index in [2.05, 4.69) is 43.2 Å². The van der Waals surface area contributed by atoms with Crippen molar-refractivity contribution >= 4 is 17.7 Å². The van der Waals surface area contributed by atoms with Crippen LogP contribution in [0.4, 0.5) is 8.78 Å². The Balaban J connectivity index is 2.02. The minimum atomic E-state index is -2.61. The molecule has 1 heterocycles. The molecule has 0 spiro atoms. The fraction of sp³-hybridized carbons (Fsp3) is 0.333. The number of benzene rings is 1. The van der Waals surface area contributed by atoms with Crippen LogP contribution in [0.5, 0.6) is 0 Å². The van der Waals surface area contributed by atoms with E-state index in [0.717, 1.165) is 0 Å². The Morgan fingerprint density at radius 1 is 1.25 bits per heavy atom. The van der Waals surface area contributed by atoms with E-state index in [1.807, 2.05) is 0 Å². The molecule has 0 radical (unpaired) electrons. The largest absolute Gasteiger partial charge is 0.352 e. The number of thioether (sulfide) groups is 1. The second-order valence-corrected chi connectivity index (χ2v) is 6.60. The van der Waals surface area contributed by atoms with E-state index in [1.54, 1.807) is 6.07 Å². The third-order valence-corrected chi connectivity index (χ3v) is 4.44. The summed E-state index contributed by atoms with van der Waals surface area (Å²) < 4.78 is 25.1. The molecule has 128 valence electrons. The van der Waals surface area contributed by atoms with Crippen molar-refractivity contribution in [2.24, 2.45) is 0 Å². The molecule has 2 aromatic rings. The van der Waals surface area contributed by atoms with Crippen molar-refractivity contribution in [3.8, 4) is 0 Å². The van der Waals surface area contributed by atoms with E-state index >= 15 is 0 Å². The van der Waals surface area contributed by atoms with Gasteiger partial charge in [0.05, 0.1) is 5.56 Å². The van der Waals surface area contributed by atoms with Crippen LogP contribution in [0.3, 0.4) is 0 Å². The maximum Gasteiger partial charge on any atom is 0.290 e. The standard InChI is InChI=1S/C18H20F2N2OS/c1-11-9-12(2)14(13(3)10-11)6-8-21-16(23)15-5-4-7-22-17(15)24-18(19)20/h4-5,7,9-10,18H,6,8H2,1-3H3,(H,21,23). The fourth-order valence-corrected chi connectivity index (χ4v) is 3.32. The minimum absolute atomic E-state index is 0.0488. The summed E-state index contributed by atoms with van der Waals surface area (Å²) in [6.45, 7) is 6.60. The van der Waals surface area contributed by atoms with Crippen molar-refractivity contribution in [3.63, 3.8) is 0 Å². The number of aryl methyl sites for hydroxylation is 3. The van der Waals surface area contributed by atoms with E-state index in [0.29, 0.717) is 13.0 Å². The van der Waals surface area contributed by atoms with Gasteiger partial charge in [-0.25, -0.2) is 4.98 Å². The summed E-state index contributed by atoms with van der Waals surface area (Å²) in [7, 11) is 0. The van der Waals surface area contributed by atoms with Crippen LogP contribution in [0.2, 0.25) is 0 Å². The first-order valence-electron chi connectivity index (χ1n) is 7.63. The Morgan fingerprint density at radius 2 is 1.92 bits per heavy atom. The van der Waals surface area contributed by atoms with Gasteiger partial charge in [0, 0.05) is 12.7 Å². The number of nitrogens with zero attached hydrogens (tertiary/aromatic N) is 1. The molecule has 0 saturated carbocycles. The number of nitrogens with one attached hydrogen (secondary N) is 1. The van der Waals surface area contributed by atoms with Crippen LogP contribution in [0.1, 0.15) is 32.6 Å². The number of hydrogen-bond donors (Lipinski definition) is 1. The van der Waals surface area contributed by atoms with E-state index < -0.39 is 5.76 Å². The molecule has 1 amide bonds. The quantitative estimate of drug-likeness (QED) is 0.790. The van der Waals surface area contributed by atoms with Crippen LogP contribution in [0, 0.1) is 20.8 Å². The smallest absolute Gasteiger partial charge is 0.290 e. The van der Waals surface area contributed by atoms with Crippen LogP contribution in [0.15, 0.2) is 35.5 Å². The number of rotatable bonds is 6. The average Bonchev–Trinajstić information content (AvgIpc) is 2.49. The van der Waals surface area contributed by atoms with Crippen molar-refractivity contribution in [2.45, 2.75) is 38.0 Å². The Morgan fingerprint density at radius 3 is 2.54 bits per heavy atom. The van der Waals surface area contributed by atoms with Gasteiger partial charge in [0.1, 0.15) is 5.03 Å². The number of halogens is 2. The summed E-state index contributed by atoms with van der Waals surface area (Å²) in [6, 6.07) is 7.31. The summed E-state index contributed by atoms with van der Waals surface area (Å²) >= 11 is 0.284. The zero-order chi connectivity index (χ0) is 17.7. The van der Waals surface area contributed by atoms with Crippen LogP contribution in [0.25, 0.3) is 0 Å². The lowest BCUT2D eigenvalue weighted by Gasteiger charge is -2.13. The highest BCUT2D eigenvalue weighted by atomic mass is 32.2. The van der Waals surface area contributed by atoms with Gasteiger partial charge in [0.2, 0.25) is 0 Å². The third-order valence-electron chi connectivity index (χ3n) is 3.72. The molecule has 0 bridgehead atoms. The Hall–Kier alpha value is -1.95. The predicted octanol–water partition coefficient (Wildman–Crippen LogP) is 4.29. The summed E-state index contributed by atoms with van der Waals surface area (Å²) in [5.74, 6) is -2.99. The molecule has 0 aliphatic carbocycles. The Bertz CT molecular complexity index is 712. The minimum Gasteiger partial charge on any atom is -0.352 e. The average molecular weight is 350 g/mol. The van der Waals surface area contributed by atoms with Crippen LogP contribution in [-0.2, 0) is 6.42 Å². The predicted molar refractivity (Wildman–Crippen MR) is 92.8 cm³/mol. The van der Waals surface area contributed by atoms with Gasteiger partial charge in [-0.05, 0) is 67.8 Å². The molecule has 1 aromatic heterocycles. The van der Waals surface area contributed by atoms with Crippen molar-refractivity contribution in [1.82, 2.24) is 10.3 Å². The molecule has 0 aliphatic heterocycles. The molecular formula is C18H20F2N2OS. The number of carbonyl (C=O) groups is 1. The third kappa shape index (κ3) is 4.77. The van der Waals surface area contributed by atoms with Crippen molar-refractivity contribution in [2.75, 3.05) is 6.54 Å². The van der Waals surface area contributed by atoms with E-state index in [9.17, 15) is 13.6 Å². The maximum absolute atomic E-state index is 12.5. The number of amides is 1. The van der Waals surface area contributed by atoms with Crippen molar-refractivity contribution in [3.05, 3.63) is 58.3 Å². The lowest BCUT2D eigenvalue weighted by atomic mass is 9.97. The molecule has 1 aromatic carbocycles. The van der Waals surface area contributed by atoms with E-state index in [1.165, 1.54) is 34.5 Å². The van der Waals surface area contributed by atoms with Gasteiger partial charge in [-0.3, -0.25) is 4.79 Å². The van der Waals surface area contributed by atoms with Gasteiger partial charge in [-0.2, -0.15) is 8.78 Å². The molecule has 0 atom stereocenters. The fourth-order valence-electron chi connectivity index (χ4n) is 2.74. The summed E-state index contributed by atoms with van der Waals surface area (Å²) in [4.78, 5) is 16.1. The zero-order valence-electron chi connectivity index (χ0n) is 13.9. The van der Waals surface area contributed by atoms with Gasteiger partial charge in [0.25, 0.3) is 11.7 Å². The van der Waals surface area contributed by atoms with Crippen LogP contribution >= 0.6 is 11.8 Å². The highest BCUT2D eigenvalue weighted by molar-refractivity contribution is 7.99. The summed E-state index contributed by atoms with van der Waals surface area (Å²) in [5, 5.41) is 2.84. The lowest BCUT2D eigenvalue weighted by Crippen LogP contribution is -2.26. The molecule has 0 unspecified atom stereocenters. The molecule has 0 aliphatic rings. The first-order chi connectivity index (χ1) is 11.4. The van der Waals surface area contributed by atoms with Gasteiger partial charge in [0.15, 0.2) is 0 Å². The normalized spacial score (nSPS) is 10.9. The van der Waals surface area contributed by atoms with Gasteiger partial charge < -0.3 is 5.32 Å². The van der Waals surface area contributed by atoms with Gasteiger partial charge in [-0.15, -0.1) is 0 Å². The Labute approximate surface area is 144 Å². The molecule has 2 rings (SSSR count). The zero-order valence-corrected chi connectivity index (χ0v) is 14.7. The van der Waals surface area contributed by atoms with Crippen molar-refractivity contribution in [1.29, 1.82) is 0 Å². The van der Waals surface area contributed by atoms with E-state index in [4.69, 9.17) is 0 Å². The van der Waals surface area contributed by atoms with E-state index in [-0.39, 0.29) is 28.3 Å². The number of pyridine rings is 1. The molecular weight excluding hydrogens is 330 g/mol. The Kier molecular flexibility index (Phi) is 6.31. The van der Waals surface area contributed by atoms with Crippen LogP contribution in [-0.4, -0.2) is 23.2 Å². The SMILES string of the molecule is Cc1cc(C)c(CCNC(=O)c2cccnc2SC(F)F)c(C)c1. The number of alkyl halides is 2. The number of carbonyl (C=O) groups excluding carboxylic acids is 1. The molecule has 0 fully saturated rings. The maximum atomic E-state index is 12.5. The topological polar surface area (TPSA) is 42.0 Å². The molecule has 24 heavy (non-hydrogen) atoms. The highest BCUT2D eigenvalue weighted by Gasteiger charge is 2.16. The first-order valence-corrected chi connectivity index (χ1v) is 8.51. The van der Waals surface area contributed by atoms with Gasteiger partial charge in [-0.1, -0.05) is 17.7 Å².